The van der Waals surface area contributed by atoms with Crippen LogP contribution in [0.3, 0.4) is 0 Å². The SMILES string of the molecule is CCc1c(O)cc(O)c(-c2ccccc2)c1CC1OCC(CO)O1. The summed E-state index contributed by atoms with van der Waals surface area (Å²) in [4.78, 5) is 0. The lowest BCUT2D eigenvalue weighted by Crippen LogP contribution is -2.18. The maximum Gasteiger partial charge on any atom is 0.162 e. The molecule has 0 spiro atoms. The number of hydrogen-bond acceptors (Lipinski definition) is 5. The predicted molar refractivity (Wildman–Crippen MR) is 90.0 cm³/mol. The zero-order valence-electron chi connectivity index (χ0n) is 13.6. The number of phenolic OH excluding ortho intramolecular Hbond substituents is 2. The molecule has 5 heteroatoms. The molecule has 3 rings (SSSR count). The van der Waals surface area contributed by atoms with Crippen molar-refractivity contribution in [2.24, 2.45) is 0 Å². The van der Waals surface area contributed by atoms with Crippen LogP contribution in [0, 0.1) is 0 Å². The molecule has 5 nitrogen and oxygen atoms in total. The van der Waals surface area contributed by atoms with Gasteiger partial charge in [-0.05, 0) is 23.1 Å². The highest BCUT2D eigenvalue weighted by molar-refractivity contribution is 5.77. The molecule has 3 N–H and O–H groups in total. The topological polar surface area (TPSA) is 79.2 Å². The molecule has 0 radical (unpaired) electrons. The minimum absolute atomic E-state index is 0.0302. The van der Waals surface area contributed by atoms with Gasteiger partial charge in [0.2, 0.25) is 0 Å². The van der Waals surface area contributed by atoms with Crippen LogP contribution < -0.4 is 0 Å². The van der Waals surface area contributed by atoms with Crippen LogP contribution in [0.4, 0.5) is 0 Å². The minimum atomic E-state index is -0.504. The second-order valence-electron chi connectivity index (χ2n) is 5.87. The van der Waals surface area contributed by atoms with E-state index in [1.54, 1.807) is 0 Å². The van der Waals surface area contributed by atoms with Gasteiger partial charge in [-0.25, -0.2) is 0 Å². The third-order valence-electron chi connectivity index (χ3n) is 4.31. The molecular weight excluding hydrogens is 308 g/mol. The van der Waals surface area contributed by atoms with E-state index in [0.29, 0.717) is 25.0 Å². The molecule has 0 amide bonds. The Labute approximate surface area is 141 Å². The van der Waals surface area contributed by atoms with Crippen molar-refractivity contribution >= 4 is 0 Å². The van der Waals surface area contributed by atoms with Crippen molar-refractivity contribution in [1.82, 2.24) is 0 Å². The van der Waals surface area contributed by atoms with E-state index in [1.165, 1.54) is 6.07 Å². The van der Waals surface area contributed by atoms with Crippen molar-refractivity contribution in [3.8, 4) is 22.6 Å². The van der Waals surface area contributed by atoms with E-state index in [9.17, 15) is 15.3 Å². The van der Waals surface area contributed by atoms with E-state index in [4.69, 9.17) is 9.47 Å². The number of ether oxygens (including phenoxy) is 2. The van der Waals surface area contributed by atoms with Crippen LogP contribution in [0.2, 0.25) is 0 Å². The molecule has 2 unspecified atom stereocenters. The van der Waals surface area contributed by atoms with Gasteiger partial charge in [-0.3, -0.25) is 0 Å². The van der Waals surface area contributed by atoms with Crippen molar-refractivity contribution in [2.45, 2.75) is 32.2 Å². The Morgan fingerprint density at radius 2 is 1.83 bits per heavy atom. The summed E-state index contributed by atoms with van der Waals surface area (Å²) in [6, 6.07) is 10.9. The van der Waals surface area contributed by atoms with Crippen molar-refractivity contribution in [2.75, 3.05) is 13.2 Å². The molecule has 1 heterocycles. The molecule has 1 fully saturated rings. The second-order valence-corrected chi connectivity index (χ2v) is 5.87. The van der Waals surface area contributed by atoms with E-state index in [0.717, 1.165) is 16.7 Å². The highest BCUT2D eigenvalue weighted by atomic mass is 16.7. The first-order valence-electron chi connectivity index (χ1n) is 8.14. The Hall–Kier alpha value is -2.08. The molecule has 0 aliphatic carbocycles. The molecule has 0 aromatic heterocycles. The molecule has 2 atom stereocenters. The summed E-state index contributed by atoms with van der Waals surface area (Å²) in [6.45, 7) is 2.21. The number of hydrogen-bond donors (Lipinski definition) is 3. The highest BCUT2D eigenvalue weighted by Crippen LogP contribution is 2.40. The van der Waals surface area contributed by atoms with Crippen molar-refractivity contribution < 1.29 is 24.8 Å². The fraction of sp³-hybridized carbons (Fsp3) is 0.368. The Balaban J connectivity index is 2.05. The number of phenols is 2. The van der Waals surface area contributed by atoms with Gasteiger partial charge in [-0.2, -0.15) is 0 Å². The zero-order valence-corrected chi connectivity index (χ0v) is 13.6. The Morgan fingerprint density at radius 1 is 1.08 bits per heavy atom. The molecule has 2 aromatic rings. The van der Waals surface area contributed by atoms with Gasteiger partial charge in [0.1, 0.15) is 17.6 Å². The van der Waals surface area contributed by atoms with Crippen LogP contribution in [0.15, 0.2) is 36.4 Å². The number of aliphatic hydroxyl groups is 1. The zero-order chi connectivity index (χ0) is 17.1. The minimum Gasteiger partial charge on any atom is -0.508 e. The van der Waals surface area contributed by atoms with Gasteiger partial charge >= 0.3 is 0 Å². The van der Waals surface area contributed by atoms with Gasteiger partial charge in [-0.1, -0.05) is 37.3 Å². The first kappa shape index (κ1) is 16.8. The molecule has 1 saturated heterocycles. The number of aliphatic hydroxyl groups excluding tert-OH is 1. The molecule has 0 bridgehead atoms. The second kappa shape index (κ2) is 7.21. The normalized spacial score (nSPS) is 20.4. The summed E-state index contributed by atoms with van der Waals surface area (Å²) in [5, 5.41) is 29.9. The lowest BCUT2D eigenvalue weighted by molar-refractivity contribution is -0.0633. The lowest BCUT2D eigenvalue weighted by Gasteiger charge is -2.20. The maximum atomic E-state index is 10.4. The lowest BCUT2D eigenvalue weighted by atomic mass is 9.90. The van der Waals surface area contributed by atoms with Gasteiger partial charge < -0.3 is 24.8 Å². The highest BCUT2D eigenvalue weighted by Gasteiger charge is 2.28. The van der Waals surface area contributed by atoms with E-state index in [-0.39, 0.29) is 24.2 Å². The fourth-order valence-electron chi connectivity index (χ4n) is 3.17. The predicted octanol–water partition coefficient (Wildman–Crippen LogP) is 2.60. The first-order valence-corrected chi connectivity index (χ1v) is 8.14. The van der Waals surface area contributed by atoms with Gasteiger partial charge in [0.25, 0.3) is 0 Å². The standard InChI is InChI=1S/C19H22O5/c1-2-14-15(8-18-23-11-13(10-20)24-18)19(17(22)9-16(14)21)12-6-4-3-5-7-12/h3-7,9,13,18,20-22H,2,8,10-11H2,1H3. The summed E-state index contributed by atoms with van der Waals surface area (Å²) in [7, 11) is 0. The molecular formula is C19H22O5. The van der Waals surface area contributed by atoms with Gasteiger partial charge in [0.05, 0.1) is 13.2 Å². The average Bonchev–Trinajstić information content (AvgIpc) is 3.03. The summed E-state index contributed by atoms with van der Waals surface area (Å²) in [6.07, 6.45) is 0.186. The maximum absolute atomic E-state index is 10.4. The summed E-state index contributed by atoms with van der Waals surface area (Å²) in [5.41, 5.74) is 3.14. The van der Waals surface area contributed by atoms with Crippen LogP contribution in [0.5, 0.6) is 11.5 Å². The third-order valence-corrected chi connectivity index (χ3v) is 4.31. The fourth-order valence-corrected chi connectivity index (χ4v) is 3.17. The summed E-state index contributed by atoms with van der Waals surface area (Å²) < 4.78 is 11.2. The van der Waals surface area contributed by atoms with Crippen LogP contribution in [-0.2, 0) is 22.3 Å². The van der Waals surface area contributed by atoms with E-state index in [1.807, 2.05) is 37.3 Å². The Kier molecular flexibility index (Phi) is 5.04. The average molecular weight is 330 g/mol. The molecule has 1 aliphatic rings. The van der Waals surface area contributed by atoms with E-state index in [2.05, 4.69) is 0 Å². The van der Waals surface area contributed by atoms with Crippen LogP contribution in [0.1, 0.15) is 18.1 Å². The molecule has 128 valence electrons. The molecule has 1 aliphatic heterocycles. The summed E-state index contributed by atoms with van der Waals surface area (Å²) in [5.74, 6) is 0.101. The smallest absolute Gasteiger partial charge is 0.162 e. The summed E-state index contributed by atoms with van der Waals surface area (Å²) >= 11 is 0. The monoisotopic (exact) mass is 330 g/mol. The number of benzene rings is 2. The van der Waals surface area contributed by atoms with Crippen molar-refractivity contribution in [1.29, 1.82) is 0 Å². The number of aromatic hydroxyl groups is 2. The Morgan fingerprint density at radius 3 is 2.46 bits per heavy atom. The largest absolute Gasteiger partial charge is 0.508 e. The van der Waals surface area contributed by atoms with Crippen LogP contribution in [-0.4, -0.2) is 40.9 Å². The van der Waals surface area contributed by atoms with Crippen molar-refractivity contribution in [3.05, 3.63) is 47.5 Å². The first-order chi connectivity index (χ1) is 11.6. The van der Waals surface area contributed by atoms with Crippen LogP contribution >= 0.6 is 0 Å². The van der Waals surface area contributed by atoms with E-state index < -0.39 is 6.29 Å². The van der Waals surface area contributed by atoms with Crippen LogP contribution in [0.25, 0.3) is 11.1 Å². The Bertz CT molecular complexity index is 699. The van der Waals surface area contributed by atoms with Gasteiger partial charge in [0, 0.05) is 18.1 Å². The van der Waals surface area contributed by atoms with Gasteiger partial charge in [-0.15, -0.1) is 0 Å². The molecule has 0 saturated carbocycles. The third kappa shape index (κ3) is 3.24. The molecule has 2 aromatic carbocycles. The molecule has 24 heavy (non-hydrogen) atoms. The number of rotatable bonds is 5. The van der Waals surface area contributed by atoms with Gasteiger partial charge in [0.15, 0.2) is 6.29 Å². The van der Waals surface area contributed by atoms with Crippen molar-refractivity contribution in [3.63, 3.8) is 0 Å². The quantitative estimate of drug-likeness (QED) is 0.785. The van der Waals surface area contributed by atoms with E-state index >= 15 is 0 Å².